The molecule has 0 saturated carbocycles. The molecule has 2 atom stereocenters. The molecule has 11 nitrogen and oxygen atoms in total. The topological polar surface area (TPSA) is 136 Å². The number of rotatable bonds is 17. The SMILES string of the molecule is C=C(C)[C@@H]1CCC(C)=C[C@H]1c1c(O)cc(CCCCC)cc1OC(=O)C(C)(C)CCOC(C)(C)Cn1nnc2c1-c1ccccc1CN(C(=O)CCC(=O)NC)c1ccccc1-2. The lowest BCUT2D eigenvalue weighted by atomic mass is 9.73. The molecule has 62 heavy (non-hydrogen) atoms. The number of phenolic OH excluding ortho intramolecular Hbond substituents is 1. The quantitative estimate of drug-likeness (QED) is 0.0464. The van der Waals surface area contributed by atoms with Gasteiger partial charge in [0.2, 0.25) is 11.8 Å². The monoisotopic (exact) mass is 843 g/mol. The Balaban J connectivity index is 1.21. The van der Waals surface area contributed by atoms with Crippen LogP contribution in [0.4, 0.5) is 5.69 Å². The van der Waals surface area contributed by atoms with Crippen LogP contribution in [0.15, 0.2) is 84.5 Å². The van der Waals surface area contributed by atoms with Crippen LogP contribution >= 0.6 is 0 Å². The van der Waals surface area contributed by atoms with Crippen molar-refractivity contribution in [1.82, 2.24) is 20.3 Å². The van der Waals surface area contributed by atoms with Crippen molar-refractivity contribution >= 4 is 23.5 Å². The van der Waals surface area contributed by atoms with Gasteiger partial charge in [-0.2, -0.15) is 0 Å². The summed E-state index contributed by atoms with van der Waals surface area (Å²) in [7, 11) is 1.57. The van der Waals surface area contributed by atoms with Gasteiger partial charge >= 0.3 is 5.97 Å². The molecule has 1 aliphatic heterocycles. The van der Waals surface area contributed by atoms with Crippen LogP contribution in [0.2, 0.25) is 0 Å². The van der Waals surface area contributed by atoms with E-state index in [2.05, 4.69) is 37.0 Å². The highest BCUT2D eigenvalue weighted by atomic mass is 16.5. The number of aromatic hydroxyl groups is 1. The number of hydrogen-bond acceptors (Lipinski definition) is 8. The molecule has 330 valence electrons. The number of benzene rings is 3. The Morgan fingerprint density at radius 2 is 1.73 bits per heavy atom. The van der Waals surface area contributed by atoms with Crippen LogP contribution in [-0.2, 0) is 38.6 Å². The summed E-state index contributed by atoms with van der Waals surface area (Å²) in [4.78, 5) is 41.7. The molecule has 0 fully saturated rings. The number of anilines is 1. The molecule has 2 aliphatic rings. The van der Waals surface area contributed by atoms with Crippen molar-refractivity contribution in [2.45, 2.75) is 131 Å². The lowest BCUT2D eigenvalue weighted by molar-refractivity contribution is -0.146. The van der Waals surface area contributed by atoms with Gasteiger partial charge in [-0.1, -0.05) is 91.2 Å². The van der Waals surface area contributed by atoms with Gasteiger partial charge < -0.3 is 24.8 Å². The van der Waals surface area contributed by atoms with Crippen molar-refractivity contribution in [1.29, 1.82) is 0 Å². The average molecular weight is 844 g/mol. The molecule has 0 radical (unpaired) electrons. The molecule has 1 aliphatic carbocycles. The number of nitrogens with one attached hydrogen (secondary N) is 1. The second-order valence-corrected chi connectivity index (χ2v) is 18.4. The lowest BCUT2D eigenvalue weighted by Gasteiger charge is -2.33. The van der Waals surface area contributed by atoms with Gasteiger partial charge in [-0.05, 0) is 109 Å². The molecule has 0 spiro atoms. The molecule has 6 rings (SSSR count). The van der Waals surface area contributed by atoms with Gasteiger partial charge in [0.1, 0.15) is 17.2 Å². The van der Waals surface area contributed by atoms with Crippen LogP contribution in [0, 0.1) is 11.3 Å². The van der Waals surface area contributed by atoms with E-state index < -0.39 is 11.0 Å². The number of carbonyl (C=O) groups is 3. The van der Waals surface area contributed by atoms with Crippen LogP contribution in [0.25, 0.3) is 22.5 Å². The number of esters is 1. The van der Waals surface area contributed by atoms with E-state index in [0.717, 1.165) is 72.0 Å². The molecule has 3 aromatic carbocycles. The number of fused-ring (bicyclic) bond motifs is 5. The third kappa shape index (κ3) is 10.5. The first-order valence-electron chi connectivity index (χ1n) is 22.2. The molecule has 0 bridgehead atoms. The third-order valence-corrected chi connectivity index (χ3v) is 12.4. The van der Waals surface area contributed by atoms with Gasteiger partial charge in [-0.25, -0.2) is 4.68 Å². The Morgan fingerprint density at radius 1 is 1.00 bits per heavy atom. The minimum atomic E-state index is -0.915. The molecule has 0 saturated heterocycles. The first kappa shape index (κ1) is 46.0. The molecular formula is C51H65N5O6. The zero-order chi connectivity index (χ0) is 44.8. The van der Waals surface area contributed by atoms with Crippen LogP contribution in [0.5, 0.6) is 11.5 Å². The fourth-order valence-electron chi connectivity index (χ4n) is 8.67. The number of hydrogen-bond donors (Lipinski definition) is 2. The predicted molar refractivity (Wildman–Crippen MR) is 245 cm³/mol. The fraction of sp³-hybridized carbons (Fsp3) is 0.471. The number of para-hydroxylation sites is 1. The molecular weight excluding hydrogens is 779 g/mol. The van der Waals surface area contributed by atoms with E-state index in [0.29, 0.717) is 42.2 Å². The summed E-state index contributed by atoms with van der Waals surface area (Å²) >= 11 is 0. The summed E-state index contributed by atoms with van der Waals surface area (Å²) in [5.41, 5.74) is 7.00. The van der Waals surface area contributed by atoms with Crippen molar-refractivity contribution in [3.63, 3.8) is 0 Å². The van der Waals surface area contributed by atoms with E-state index in [9.17, 15) is 19.5 Å². The summed E-state index contributed by atoms with van der Waals surface area (Å²) in [6.45, 7) is 19.3. The van der Waals surface area contributed by atoms with E-state index >= 15 is 0 Å². The minimum absolute atomic E-state index is 0.0698. The number of allylic oxidation sites excluding steroid dienone is 3. The summed E-state index contributed by atoms with van der Waals surface area (Å²) in [6.07, 6.45) is 8.57. The number of nitrogens with zero attached hydrogens (tertiary/aromatic N) is 4. The normalized spacial score (nSPS) is 16.3. The van der Waals surface area contributed by atoms with Crippen molar-refractivity contribution < 1.29 is 29.0 Å². The Bertz CT molecular complexity index is 2320. The van der Waals surface area contributed by atoms with Crippen LogP contribution in [0.1, 0.15) is 122 Å². The Labute approximate surface area is 367 Å². The van der Waals surface area contributed by atoms with E-state index in [4.69, 9.17) is 14.6 Å². The fourth-order valence-corrected chi connectivity index (χ4v) is 8.67. The zero-order valence-corrected chi connectivity index (χ0v) is 38.0. The molecule has 0 unspecified atom stereocenters. The number of amides is 2. The molecule has 2 N–H and O–H groups in total. The lowest BCUT2D eigenvalue weighted by Crippen LogP contribution is -2.35. The maximum Gasteiger partial charge on any atom is 0.316 e. The summed E-state index contributed by atoms with van der Waals surface area (Å²) in [5, 5.41) is 23.6. The average Bonchev–Trinajstić information content (AvgIpc) is 3.62. The highest BCUT2D eigenvalue weighted by Gasteiger charge is 2.36. The maximum absolute atomic E-state index is 14.2. The third-order valence-electron chi connectivity index (χ3n) is 12.4. The summed E-state index contributed by atoms with van der Waals surface area (Å²) < 4.78 is 14.8. The van der Waals surface area contributed by atoms with Crippen molar-refractivity contribution in [3.05, 3.63) is 101 Å². The van der Waals surface area contributed by atoms with Gasteiger partial charge in [-0.15, -0.1) is 5.10 Å². The second kappa shape index (κ2) is 19.7. The van der Waals surface area contributed by atoms with Gasteiger partial charge in [0.15, 0.2) is 0 Å². The van der Waals surface area contributed by atoms with Crippen LogP contribution in [-0.4, -0.2) is 57.1 Å². The van der Waals surface area contributed by atoms with Crippen LogP contribution < -0.4 is 15.0 Å². The highest BCUT2D eigenvalue weighted by molar-refractivity contribution is 6.01. The Kier molecular flexibility index (Phi) is 14.6. The molecule has 2 amide bonds. The maximum atomic E-state index is 14.2. The molecule has 11 heteroatoms. The van der Waals surface area contributed by atoms with E-state index in [1.165, 1.54) is 5.57 Å². The molecule has 4 aromatic rings. The smallest absolute Gasteiger partial charge is 0.316 e. The number of phenols is 1. The number of ether oxygens (including phenoxy) is 2. The van der Waals surface area contributed by atoms with E-state index in [1.54, 1.807) is 11.9 Å². The largest absolute Gasteiger partial charge is 0.507 e. The first-order chi connectivity index (χ1) is 29.5. The Morgan fingerprint density at radius 3 is 2.45 bits per heavy atom. The summed E-state index contributed by atoms with van der Waals surface area (Å²) in [5.74, 6) is -0.194. The second-order valence-electron chi connectivity index (χ2n) is 18.4. The highest BCUT2D eigenvalue weighted by Crippen LogP contribution is 2.48. The zero-order valence-electron chi connectivity index (χ0n) is 38.0. The van der Waals surface area contributed by atoms with Gasteiger partial charge in [-0.3, -0.25) is 14.4 Å². The predicted octanol–water partition coefficient (Wildman–Crippen LogP) is 10.3. The van der Waals surface area contributed by atoms with Gasteiger partial charge in [0.25, 0.3) is 0 Å². The molecule has 2 heterocycles. The summed E-state index contributed by atoms with van der Waals surface area (Å²) in [6, 6.07) is 19.4. The van der Waals surface area contributed by atoms with Gasteiger partial charge in [0, 0.05) is 49.1 Å². The number of carbonyl (C=O) groups excluding carboxylic acids is 3. The standard InChI is InChI=1S/C51H65N5O6/c1-10-11-12-17-35-29-42(57)46(40-28-34(4)22-23-37(40)33(2)3)43(30-35)62-49(60)50(5,6)26-27-61-51(7,8)32-56-48-38-19-14-13-18-36(38)31-55(45(59)25-24-44(58)52-9)41-21-16-15-20-39(41)47(48)53-54-56/h13-16,18-21,28-30,37,40,57H,2,10-12,17,22-27,31-32H2,1,3-9H3,(H,52,58)/t37-,40+/m0/s1. The minimum Gasteiger partial charge on any atom is -0.507 e. The van der Waals surface area contributed by atoms with E-state index in [1.807, 2.05) is 100.0 Å². The number of aryl methyl sites for hydroxylation is 1. The van der Waals surface area contributed by atoms with Crippen molar-refractivity contribution in [2.75, 3.05) is 18.6 Å². The van der Waals surface area contributed by atoms with Crippen molar-refractivity contribution in [3.8, 4) is 34.0 Å². The van der Waals surface area contributed by atoms with Crippen LogP contribution in [0.3, 0.4) is 0 Å². The number of unbranched alkanes of at least 4 members (excludes halogenated alkanes) is 2. The molecule has 1 aromatic heterocycles. The Hall–Kier alpha value is -5.55. The van der Waals surface area contributed by atoms with Gasteiger partial charge in [0.05, 0.1) is 35.5 Å². The first-order valence-corrected chi connectivity index (χ1v) is 22.2. The van der Waals surface area contributed by atoms with Crippen molar-refractivity contribution in [2.24, 2.45) is 11.3 Å². The number of aromatic nitrogens is 3. The van der Waals surface area contributed by atoms with E-state index in [-0.39, 0.29) is 54.8 Å².